The predicted molar refractivity (Wildman–Crippen MR) is 104 cm³/mol. The fourth-order valence-corrected chi connectivity index (χ4v) is 3.00. The molecular weight excluding hydrogens is 395 g/mol. The molecule has 30 heavy (non-hydrogen) atoms. The molecule has 2 heterocycles. The van der Waals surface area contributed by atoms with Crippen LogP contribution in [-0.4, -0.2) is 25.8 Å². The zero-order valence-electron chi connectivity index (χ0n) is 15.3. The quantitative estimate of drug-likeness (QED) is 0.496. The number of alkyl halides is 3. The summed E-state index contributed by atoms with van der Waals surface area (Å²) in [6.45, 7) is 0. The Kier molecular flexibility index (Phi) is 4.83. The molecule has 4 aromatic rings. The van der Waals surface area contributed by atoms with Gasteiger partial charge in [-0.05, 0) is 29.3 Å². The van der Waals surface area contributed by atoms with Crippen LogP contribution in [0.15, 0.2) is 79.0 Å². The van der Waals surface area contributed by atoms with E-state index in [2.05, 4.69) is 10.1 Å². The molecule has 0 unspecified atom stereocenters. The molecule has 0 saturated heterocycles. The number of carboxylic acids is 1. The van der Waals surface area contributed by atoms with E-state index in [1.165, 1.54) is 12.1 Å². The van der Waals surface area contributed by atoms with Gasteiger partial charge < -0.3 is 5.11 Å². The summed E-state index contributed by atoms with van der Waals surface area (Å²) >= 11 is 0. The summed E-state index contributed by atoms with van der Waals surface area (Å²) in [4.78, 5) is 14.8. The van der Waals surface area contributed by atoms with Crippen LogP contribution in [-0.2, 0) is 6.18 Å². The first-order valence-electron chi connectivity index (χ1n) is 8.86. The van der Waals surface area contributed by atoms with Crippen molar-refractivity contribution in [2.45, 2.75) is 6.18 Å². The maximum absolute atomic E-state index is 13.6. The number of rotatable bonds is 4. The number of aromatic carboxylic acids is 1. The largest absolute Gasteiger partial charge is 0.478 e. The molecule has 2 aromatic carbocycles. The van der Waals surface area contributed by atoms with Gasteiger partial charge in [0.2, 0.25) is 0 Å². The van der Waals surface area contributed by atoms with Crippen LogP contribution in [0.25, 0.3) is 28.2 Å². The normalized spacial score (nSPS) is 11.4. The second-order valence-corrected chi connectivity index (χ2v) is 6.48. The minimum absolute atomic E-state index is 0.125. The summed E-state index contributed by atoms with van der Waals surface area (Å²) in [5.41, 5.74) is 1.44. The Morgan fingerprint density at radius 1 is 0.867 bits per heavy atom. The van der Waals surface area contributed by atoms with Crippen molar-refractivity contribution < 1.29 is 23.1 Å². The molecule has 0 aliphatic carbocycles. The van der Waals surface area contributed by atoms with Crippen LogP contribution >= 0.6 is 0 Å². The van der Waals surface area contributed by atoms with Crippen molar-refractivity contribution in [3.63, 3.8) is 0 Å². The van der Waals surface area contributed by atoms with E-state index in [1.807, 2.05) is 42.5 Å². The van der Waals surface area contributed by atoms with Crippen LogP contribution in [0.4, 0.5) is 13.2 Å². The first-order chi connectivity index (χ1) is 14.3. The minimum Gasteiger partial charge on any atom is -0.478 e. The van der Waals surface area contributed by atoms with E-state index >= 15 is 0 Å². The Hall–Kier alpha value is -3.94. The molecule has 4 rings (SSSR count). The fraction of sp³-hybridized carbons (Fsp3) is 0.0455. The summed E-state index contributed by atoms with van der Waals surface area (Å²) in [5, 5.41) is 13.0. The third-order valence-electron chi connectivity index (χ3n) is 4.50. The van der Waals surface area contributed by atoms with E-state index in [0.29, 0.717) is 10.2 Å². The number of hydrogen-bond donors (Lipinski definition) is 1. The summed E-state index contributed by atoms with van der Waals surface area (Å²) < 4.78 is 41.4. The van der Waals surface area contributed by atoms with Crippen LogP contribution < -0.4 is 0 Å². The van der Waals surface area contributed by atoms with Crippen LogP contribution in [0.5, 0.6) is 0 Å². The average molecular weight is 409 g/mol. The Balaban J connectivity index is 1.74. The molecule has 0 amide bonds. The Morgan fingerprint density at radius 3 is 2.07 bits per heavy atom. The fourth-order valence-electron chi connectivity index (χ4n) is 3.00. The summed E-state index contributed by atoms with van der Waals surface area (Å²) in [7, 11) is 0. The zero-order valence-corrected chi connectivity index (χ0v) is 15.3. The number of carboxylic acid groups (broad SMARTS) is 1. The van der Waals surface area contributed by atoms with E-state index in [9.17, 15) is 18.0 Å². The third kappa shape index (κ3) is 3.80. The van der Waals surface area contributed by atoms with Gasteiger partial charge in [-0.3, -0.25) is 0 Å². The summed E-state index contributed by atoms with van der Waals surface area (Å²) in [6.07, 6.45) is -3.67. The van der Waals surface area contributed by atoms with Gasteiger partial charge in [-0.1, -0.05) is 54.6 Å². The molecule has 8 heteroatoms. The third-order valence-corrected chi connectivity index (χ3v) is 4.50. The van der Waals surface area contributed by atoms with Gasteiger partial charge in [0, 0.05) is 11.8 Å². The summed E-state index contributed by atoms with van der Waals surface area (Å²) in [5.74, 6) is -1.34. The van der Waals surface area contributed by atoms with Crippen LogP contribution in [0.3, 0.4) is 0 Å². The highest BCUT2D eigenvalue weighted by atomic mass is 19.4. The number of pyridine rings is 1. The topological polar surface area (TPSA) is 68.0 Å². The lowest BCUT2D eigenvalue weighted by Gasteiger charge is -2.09. The SMILES string of the molecule is O=C(O)c1ccc(-n2nc(-c3ccc(-c4ccccc4)cc3)cc2C(F)(F)F)nc1. The number of nitrogens with zero attached hydrogens (tertiary/aromatic N) is 3. The molecule has 0 atom stereocenters. The molecule has 150 valence electrons. The molecule has 1 N–H and O–H groups in total. The molecule has 5 nitrogen and oxygen atoms in total. The van der Waals surface area contributed by atoms with Crippen molar-refractivity contribution in [1.82, 2.24) is 14.8 Å². The van der Waals surface area contributed by atoms with E-state index in [1.54, 1.807) is 12.1 Å². The Bertz CT molecular complexity index is 1180. The van der Waals surface area contributed by atoms with Crippen molar-refractivity contribution in [3.8, 4) is 28.2 Å². The number of carbonyl (C=O) groups is 1. The van der Waals surface area contributed by atoms with E-state index in [4.69, 9.17) is 5.11 Å². The molecule has 0 bridgehead atoms. The Labute approximate surface area is 169 Å². The molecule has 0 fully saturated rings. The molecule has 0 spiro atoms. The van der Waals surface area contributed by atoms with Gasteiger partial charge >= 0.3 is 12.1 Å². The van der Waals surface area contributed by atoms with Crippen molar-refractivity contribution >= 4 is 5.97 Å². The van der Waals surface area contributed by atoms with Gasteiger partial charge in [0.1, 0.15) is 0 Å². The lowest BCUT2D eigenvalue weighted by molar-refractivity contribution is -0.142. The van der Waals surface area contributed by atoms with Gasteiger partial charge in [-0.25, -0.2) is 14.5 Å². The maximum atomic E-state index is 13.6. The molecule has 0 aliphatic rings. The average Bonchev–Trinajstić information content (AvgIpc) is 3.21. The first kappa shape index (κ1) is 19.4. The van der Waals surface area contributed by atoms with E-state index < -0.39 is 17.8 Å². The van der Waals surface area contributed by atoms with Crippen LogP contribution in [0.2, 0.25) is 0 Å². The molecule has 2 aromatic heterocycles. The van der Waals surface area contributed by atoms with Gasteiger partial charge in [0.05, 0.1) is 11.3 Å². The Morgan fingerprint density at radius 2 is 1.50 bits per heavy atom. The molecule has 0 saturated carbocycles. The van der Waals surface area contributed by atoms with Gasteiger partial charge in [-0.15, -0.1) is 0 Å². The molecular formula is C22H14F3N3O2. The lowest BCUT2D eigenvalue weighted by Crippen LogP contribution is -2.14. The number of halogens is 3. The molecule has 0 radical (unpaired) electrons. The highest BCUT2D eigenvalue weighted by molar-refractivity contribution is 5.87. The standard InChI is InChI=1S/C22H14F3N3O2/c23-22(24,25)19-12-18(27-28(19)20-11-10-17(13-26-20)21(29)30)16-8-6-15(7-9-16)14-4-2-1-3-5-14/h1-13H,(H,29,30). The van der Waals surface area contributed by atoms with Crippen molar-refractivity contribution in [1.29, 1.82) is 0 Å². The van der Waals surface area contributed by atoms with Crippen molar-refractivity contribution in [2.75, 3.05) is 0 Å². The minimum atomic E-state index is -4.66. The molecule has 0 aliphatic heterocycles. The predicted octanol–water partition coefficient (Wildman–Crippen LogP) is 5.32. The first-order valence-corrected chi connectivity index (χ1v) is 8.86. The second-order valence-electron chi connectivity index (χ2n) is 6.48. The number of aromatic nitrogens is 3. The van der Waals surface area contributed by atoms with Gasteiger partial charge in [0.15, 0.2) is 11.5 Å². The highest BCUT2D eigenvalue weighted by Gasteiger charge is 2.36. The lowest BCUT2D eigenvalue weighted by atomic mass is 10.0. The van der Waals surface area contributed by atoms with Crippen molar-refractivity contribution in [3.05, 3.63) is 90.3 Å². The van der Waals surface area contributed by atoms with Gasteiger partial charge in [0.25, 0.3) is 0 Å². The smallest absolute Gasteiger partial charge is 0.433 e. The van der Waals surface area contributed by atoms with Gasteiger partial charge in [-0.2, -0.15) is 18.3 Å². The number of hydrogen-bond acceptors (Lipinski definition) is 3. The van der Waals surface area contributed by atoms with E-state index in [0.717, 1.165) is 23.4 Å². The maximum Gasteiger partial charge on any atom is 0.433 e. The highest BCUT2D eigenvalue weighted by Crippen LogP contribution is 2.34. The second kappa shape index (κ2) is 7.47. The number of benzene rings is 2. The van der Waals surface area contributed by atoms with E-state index in [-0.39, 0.29) is 17.1 Å². The van der Waals surface area contributed by atoms with Crippen molar-refractivity contribution in [2.24, 2.45) is 0 Å². The summed E-state index contributed by atoms with van der Waals surface area (Å²) in [6, 6.07) is 20.0. The van der Waals surface area contributed by atoms with Crippen LogP contribution in [0, 0.1) is 0 Å². The zero-order chi connectivity index (χ0) is 21.3. The monoisotopic (exact) mass is 409 g/mol. The van der Waals surface area contributed by atoms with Crippen LogP contribution in [0.1, 0.15) is 16.1 Å².